The number of aliphatic carboxylic acids is 1. The van der Waals surface area contributed by atoms with Crippen molar-refractivity contribution < 1.29 is 28.9 Å². The lowest BCUT2D eigenvalue weighted by molar-refractivity contribution is -0.138. The van der Waals surface area contributed by atoms with Crippen LogP contribution in [0.4, 0.5) is 4.39 Å². The van der Waals surface area contributed by atoms with Gasteiger partial charge in [-0.2, -0.15) is 9.78 Å². The molecule has 1 aromatic carbocycles. The largest absolute Gasteiger partial charge is 0.481 e. The van der Waals surface area contributed by atoms with Crippen molar-refractivity contribution in [3.05, 3.63) is 41.8 Å². The molecule has 8 nitrogen and oxygen atoms in total. The highest BCUT2D eigenvalue weighted by atomic mass is 19.1. The van der Waals surface area contributed by atoms with Gasteiger partial charge in [-0.25, -0.2) is 4.39 Å². The molecule has 1 amide bonds. The number of nitrogens with zero attached hydrogens (tertiary/aromatic N) is 2. The summed E-state index contributed by atoms with van der Waals surface area (Å²) in [7, 11) is 0. The van der Waals surface area contributed by atoms with Gasteiger partial charge in [0.05, 0.1) is 12.0 Å². The van der Waals surface area contributed by atoms with Gasteiger partial charge < -0.3 is 20.3 Å². The van der Waals surface area contributed by atoms with Crippen LogP contribution >= 0.6 is 0 Å². The van der Waals surface area contributed by atoms with E-state index in [2.05, 4.69) is 10.4 Å². The van der Waals surface area contributed by atoms with E-state index in [-0.39, 0.29) is 30.3 Å². The molecule has 1 heterocycles. The zero-order valence-corrected chi connectivity index (χ0v) is 19.5. The SMILES string of the molecule is CC(C)(C)[C@@](C)(O)COc1cc(C(=O)NC2(CC(=O)O)CCCC2)nn1-c1ccccc1F. The minimum Gasteiger partial charge on any atom is -0.481 e. The lowest BCUT2D eigenvalue weighted by Crippen LogP contribution is -2.48. The molecule has 0 spiro atoms. The summed E-state index contributed by atoms with van der Waals surface area (Å²) in [6.45, 7) is 7.13. The molecule has 0 unspecified atom stereocenters. The number of aliphatic hydroxyl groups is 1. The molecule has 0 bridgehead atoms. The summed E-state index contributed by atoms with van der Waals surface area (Å²) in [6.07, 6.45) is 2.61. The van der Waals surface area contributed by atoms with Crippen LogP contribution in [0.3, 0.4) is 0 Å². The van der Waals surface area contributed by atoms with Gasteiger partial charge in [-0.05, 0) is 37.3 Å². The van der Waals surface area contributed by atoms with Gasteiger partial charge in [0.2, 0.25) is 5.88 Å². The minimum atomic E-state index is -1.21. The van der Waals surface area contributed by atoms with Crippen LogP contribution in [0, 0.1) is 11.2 Å². The number of hydrogen-bond donors (Lipinski definition) is 3. The lowest BCUT2D eigenvalue weighted by atomic mass is 9.78. The second-order valence-electron chi connectivity index (χ2n) is 10.1. The van der Waals surface area contributed by atoms with Crippen LogP contribution in [0.5, 0.6) is 5.88 Å². The third-order valence-electron chi connectivity index (χ3n) is 6.54. The Bertz CT molecular complexity index is 1020. The standard InChI is InChI=1S/C24H32FN3O5/c1-22(2,3)23(4,32)15-33-19-13-17(27-28(19)18-10-6-5-9-16(18)25)21(31)26-24(14-20(29)30)11-7-8-12-24/h5-6,9-10,13,32H,7-8,11-12,14-15H2,1-4H3,(H,26,31)(H,29,30)/t23-/m0/s1. The number of rotatable bonds is 8. The Balaban J connectivity index is 1.93. The first-order chi connectivity index (χ1) is 15.3. The molecule has 3 N–H and O–H groups in total. The molecule has 1 aliphatic carbocycles. The van der Waals surface area contributed by atoms with Crippen LogP contribution in [-0.2, 0) is 4.79 Å². The molecule has 3 rings (SSSR count). The van der Waals surface area contributed by atoms with Gasteiger partial charge in [0, 0.05) is 6.07 Å². The van der Waals surface area contributed by atoms with E-state index in [4.69, 9.17) is 4.74 Å². The molecule has 1 atom stereocenters. The summed E-state index contributed by atoms with van der Waals surface area (Å²) < 4.78 is 21.5. The molecule has 2 aromatic rings. The van der Waals surface area contributed by atoms with Crippen LogP contribution in [0.25, 0.3) is 5.69 Å². The molecule has 1 aliphatic rings. The van der Waals surface area contributed by atoms with Gasteiger partial charge in [-0.15, -0.1) is 0 Å². The number of carboxylic acids is 1. The van der Waals surface area contributed by atoms with E-state index >= 15 is 0 Å². The monoisotopic (exact) mass is 461 g/mol. The fourth-order valence-electron chi connectivity index (χ4n) is 3.80. The van der Waals surface area contributed by atoms with E-state index in [9.17, 15) is 24.2 Å². The maximum absolute atomic E-state index is 14.5. The Labute approximate surface area is 192 Å². The number of carbonyl (C=O) groups is 2. The normalized spacial score (nSPS) is 17.4. The number of aromatic nitrogens is 2. The second-order valence-corrected chi connectivity index (χ2v) is 10.1. The quantitative estimate of drug-likeness (QED) is 0.552. The molecule has 9 heteroatoms. The number of benzene rings is 1. The summed E-state index contributed by atoms with van der Waals surface area (Å²) in [4.78, 5) is 24.4. The Hall–Kier alpha value is -2.94. The number of carboxylic acid groups (broad SMARTS) is 1. The number of para-hydroxylation sites is 1. The van der Waals surface area contributed by atoms with Crippen molar-refractivity contribution in [2.24, 2.45) is 5.41 Å². The van der Waals surface area contributed by atoms with Gasteiger partial charge in [0.1, 0.15) is 23.7 Å². The Morgan fingerprint density at radius 2 is 1.85 bits per heavy atom. The Morgan fingerprint density at radius 1 is 1.21 bits per heavy atom. The molecule has 1 saturated carbocycles. The molecular weight excluding hydrogens is 429 g/mol. The highest BCUT2D eigenvalue weighted by Gasteiger charge is 2.39. The fraction of sp³-hybridized carbons (Fsp3) is 0.542. The number of nitrogens with one attached hydrogen (secondary N) is 1. The van der Waals surface area contributed by atoms with Crippen molar-refractivity contribution in [3.63, 3.8) is 0 Å². The van der Waals surface area contributed by atoms with Gasteiger partial charge in [0.15, 0.2) is 5.69 Å². The average molecular weight is 462 g/mol. The highest BCUT2D eigenvalue weighted by Crippen LogP contribution is 2.34. The van der Waals surface area contributed by atoms with Crippen LogP contribution in [-0.4, -0.2) is 49.6 Å². The Morgan fingerprint density at radius 3 is 2.42 bits per heavy atom. The number of halogens is 1. The van der Waals surface area contributed by atoms with E-state index in [0.717, 1.165) is 12.8 Å². The summed E-state index contributed by atoms with van der Waals surface area (Å²) in [5.41, 5.74) is -2.48. The van der Waals surface area contributed by atoms with E-state index in [1.54, 1.807) is 13.0 Å². The predicted octanol–water partition coefficient (Wildman–Crippen LogP) is 3.70. The van der Waals surface area contributed by atoms with Crippen molar-refractivity contribution in [2.75, 3.05) is 6.61 Å². The van der Waals surface area contributed by atoms with Gasteiger partial charge in [-0.3, -0.25) is 9.59 Å². The Kier molecular flexibility index (Phi) is 6.83. The summed E-state index contributed by atoms with van der Waals surface area (Å²) in [5.74, 6) is -2.00. The van der Waals surface area contributed by atoms with Crippen molar-refractivity contribution in [1.82, 2.24) is 15.1 Å². The van der Waals surface area contributed by atoms with Gasteiger partial charge in [-0.1, -0.05) is 45.7 Å². The minimum absolute atomic E-state index is 0.0275. The first-order valence-corrected chi connectivity index (χ1v) is 11.1. The number of carbonyl (C=O) groups excluding carboxylic acids is 1. The lowest BCUT2D eigenvalue weighted by Gasteiger charge is -2.36. The average Bonchev–Trinajstić information content (AvgIpc) is 3.33. The second kappa shape index (κ2) is 9.13. The number of amides is 1. The zero-order valence-electron chi connectivity index (χ0n) is 19.5. The molecule has 1 fully saturated rings. The molecule has 1 aromatic heterocycles. The summed E-state index contributed by atoms with van der Waals surface area (Å²) in [6, 6.07) is 7.32. The molecule has 180 valence electrons. The third kappa shape index (κ3) is 5.52. The van der Waals surface area contributed by atoms with Crippen molar-refractivity contribution in [1.29, 1.82) is 0 Å². The fourth-order valence-corrected chi connectivity index (χ4v) is 3.80. The summed E-state index contributed by atoms with van der Waals surface area (Å²) in [5, 5.41) is 27.2. The molecule has 33 heavy (non-hydrogen) atoms. The van der Waals surface area contributed by atoms with E-state index in [1.807, 2.05) is 20.8 Å². The van der Waals surface area contributed by atoms with Crippen LogP contribution < -0.4 is 10.1 Å². The van der Waals surface area contributed by atoms with Gasteiger partial charge >= 0.3 is 5.97 Å². The maximum Gasteiger partial charge on any atom is 0.305 e. The highest BCUT2D eigenvalue weighted by molar-refractivity contribution is 5.93. The van der Waals surface area contributed by atoms with Crippen molar-refractivity contribution in [2.45, 2.75) is 70.9 Å². The zero-order chi connectivity index (χ0) is 24.4. The van der Waals surface area contributed by atoms with E-state index in [0.29, 0.717) is 12.8 Å². The predicted molar refractivity (Wildman–Crippen MR) is 120 cm³/mol. The number of ether oxygens (including phenoxy) is 1. The van der Waals surface area contributed by atoms with Crippen molar-refractivity contribution in [3.8, 4) is 11.6 Å². The van der Waals surface area contributed by atoms with Crippen LogP contribution in [0.2, 0.25) is 0 Å². The van der Waals surface area contributed by atoms with Crippen LogP contribution in [0.1, 0.15) is 70.3 Å². The summed E-state index contributed by atoms with van der Waals surface area (Å²) >= 11 is 0. The molecule has 0 aliphatic heterocycles. The van der Waals surface area contributed by atoms with Crippen molar-refractivity contribution >= 4 is 11.9 Å². The molecule has 0 radical (unpaired) electrons. The third-order valence-corrected chi connectivity index (χ3v) is 6.54. The maximum atomic E-state index is 14.5. The topological polar surface area (TPSA) is 114 Å². The van der Waals surface area contributed by atoms with E-state index < -0.39 is 34.2 Å². The van der Waals surface area contributed by atoms with Gasteiger partial charge in [0.25, 0.3) is 5.91 Å². The molecule has 0 saturated heterocycles. The van der Waals surface area contributed by atoms with E-state index in [1.165, 1.54) is 28.9 Å². The number of hydrogen-bond acceptors (Lipinski definition) is 5. The first kappa shape index (κ1) is 24.7. The first-order valence-electron chi connectivity index (χ1n) is 11.1. The van der Waals surface area contributed by atoms with Crippen LogP contribution in [0.15, 0.2) is 30.3 Å². The molecular formula is C24H32FN3O5. The smallest absolute Gasteiger partial charge is 0.305 e.